The second kappa shape index (κ2) is 6.97. The average molecular weight is 379 g/mol. The Morgan fingerprint density at radius 1 is 1.14 bits per heavy atom. The van der Waals surface area contributed by atoms with E-state index in [1.807, 2.05) is 60.4 Å². The minimum Gasteiger partial charge on any atom is -0.496 e. The number of methoxy groups -OCH3 is 1. The largest absolute Gasteiger partial charge is 0.496 e. The van der Waals surface area contributed by atoms with Gasteiger partial charge < -0.3 is 14.7 Å². The summed E-state index contributed by atoms with van der Waals surface area (Å²) in [6.07, 6.45) is 2.79. The lowest BCUT2D eigenvalue weighted by Gasteiger charge is -2.32. The van der Waals surface area contributed by atoms with E-state index in [2.05, 4.69) is 0 Å². The van der Waals surface area contributed by atoms with Gasteiger partial charge in [-0.05, 0) is 49.4 Å². The van der Waals surface area contributed by atoms with Gasteiger partial charge in [-0.25, -0.2) is 0 Å². The van der Waals surface area contributed by atoms with Crippen molar-refractivity contribution in [2.45, 2.75) is 44.7 Å². The van der Waals surface area contributed by atoms with Crippen molar-refractivity contribution in [1.82, 2.24) is 4.90 Å². The summed E-state index contributed by atoms with van der Waals surface area (Å²) >= 11 is 0. The Morgan fingerprint density at radius 3 is 2.46 bits per heavy atom. The second-order valence-corrected chi connectivity index (χ2v) is 7.76. The van der Waals surface area contributed by atoms with Gasteiger partial charge in [0.25, 0.3) is 5.91 Å². The van der Waals surface area contributed by atoms with Crippen molar-refractivity contribution in [2.75, 3.05) is 7.11 Å². The highest BCUT2D eigenvalue weighted by Gasteiger charge is 2.60. The van der Waals surface area contributed by atoms with Gasteiger partial charge in [0.05, 0.1) is 12.5 Å². The van der Waals surface area contributed by atoms with Crippen molar-refractivity contribution >= 4 is 11.9 Å². The van der Waals surface area contributed by atoms with Crippen molar-refractivity contribution in [3.05, 3.63) is 54.1 Å². The Kier molecular flexibility index (Phi) is 4.61. The van der Waals surface area contributed by atoms with E-state index in [4.69, 9.17) is 4.74 Å². The SMILES string of the molecule is CC[C@@]1(C(=O)O)C[C@@H]2CC[C@H]1N2C(=O)c1ccc(-c2ccccc2OC)cc1. The number of hydrogen-bond acceptors (Lipinski definition) is 3. The van der Waals surface area contributed by atoms with Crippen molar-refractivity contribution in [1.29, 1.82) is 0 Å². The molecule has 1 N–H and O–H groups in total. The molecular weight excluding hydrogens is 354 g/mol. The van der Waals surface area contributed by atoms with E-state index in [1.165, 1.54) is 0 Å². The Bertz CT molecular complexity index is 907. The highest BCUT2D eigenvalue weighted by Crippen LogP contribution is 2.52. The molecule has 2 fully saturated rings. The quantitative estimate of drug-likeness (QED) is 0.845. The Morgan fingerprint density at radius 2 is 1.86 bits per heavy atom. The summed E-state index contributed by atoms with van der Waals surface area (Å²) < 4.78 is 5.42. The molecule has 3 atom stereocenters. The molecule has 2 bridgehead atoms. The molecule has 2 saturated heterocycles. The summed E-state index contributed by atoms with van der Waals surface area (Å²) in [4.78, 5) is 27.0. The molecule has 0 unspecified atom stereocenters. The third-order valence-corrected chi connectivity index (χ3v) is 6.58. The number of aliphatic carboxylic acids is 1. The fraction of sp³-hybridized carbons (Fsp3) is 0.391. The molecule has 2 heterocycles. The molecule has 5 heteroatoms. The molecule has 1 amide bonds. The summed E-state index contributed by atoms with van der Waals surface area (Å²) in [7, 11) is 1.64. The molecule has 2 aliphatic rings. The van der Waals surface area contributed by atoms with Crippen LogP contribution >= 0.6 is 0 Å². The number of carboxylic acids is 1. The lowest BCUT2D eigenvalue weighted by atomic mass is 9.72. The van der Waals surface area contributed by atoms with Crippen molar-refractivity contribution in [2.24, 2.45) is 5.41 Å². The summed E-state index contributed by atoms with van der Waals surface area (Å²) in [5, 5.41) is 9.82. The summed E-state index contributed by atoms with van der Waals surface area (Å²) in [6, 6.07) is 15.1. The standard InChI is InChI=1S/C23H25NO4/c1-3-23(22(26)27)14-17-12-13-20(23)24(17)21(25)16-10-8-15(9-11-16)18-6-4-5-7-19(18)28-2/h4-11,17,20H,3,12-14H2,1-2H3,(H,26,27)/t17-,20+,23+/m0/s1. The minimum absolute atomic E-state index is 0.0300. The van der Waals surface area contributed by atoms with E-state index in [1.54, 1.807) is 7.11 Å². The van der Waals surface area contributed by atoms with Gasteiger partial charge in [-0.1, -0.05) is 37.3 Å². The van der Waals surface area contributed by atoms with Crippen molar-refractivity contribution in [3.8, 4) is 16.9 Å². The van der Waals surface area contributed by atoms with Crippen LogP contribution in [0.1, 0.15) is 43.0 Å². The Labute approximate surface area is 164 Å². The van der Waals surface area contributed by atoms with Crippen LogP contribution in [-0.2, 0) is 4.79 Å². The van der Waals surface area contributed by atoms with Gasteiger partial charge in [-0.15, -0.1) is 0 Å². The molecule has 2 aromatic rings. The molecule has 28 heavy (non-hydrogen) atoms. The van der Waals surface area contributed by atoms with Gasteiger partial charge >= 0.3 is 5.97 Å². The number of carbonyl (C=O) groups is 2. The zero-order valence-electron chi connectivity index (χ0n) is 16.2. The predicted molar refractivity (Wildman–Crippen MR) is 106 cm³/mol. The molecule has 0 spiro atoms. The fourth-order valence-electron chi connectivity index (χ4n) is 5.08. The number of ether oxygens (including phenoxy) is 1. The number of rotatable bonds is 5. The van der Waals surface area contributed by atoms with Crippen LogP contribution in [0.3, 0.4) is 0 Å². The Balaban J connectivity index is 1.61. The summed E-state index contributed by atoms with van der Waals surface area (Å²) in [5.41, 5.74) is 1.76. The average Bonchev–Trinajstić information content (AvgIpc) is 3.29. The van der Waals surface area contributed by atoms with E-state index < -0.39 is 11.4 Å². The Hall–Kier alpha value is -2.82. The second-order valence-electron chi connectivity index (χ2n) is 7.76. The van der Waals surface area contributed by atoms with Crippen molar-refractivity contribution in [3.63, 3.8) is 0 Å². The molecule has 0 aromatic heterocycles. The monoisotopic (exact) mass is 379 g/mol. The van der Waals surface area contributed by atoms with E-state index in [-0.39, 0.29) is 18.0 Å². The zero-order valence-corrected chi connectivity index (χ0v) is 16.2. The number of benzene rings is 2. The maximum absolute atomic E-state index is 13.2. The molecule has 2 aliphatic heterocycles. The highest BCUT2D eigenvalue weighted by atomic mass is 16.5. The lowest BCUT2D eigenvalue weighted by Crippen LogP contribution is -2.44. The lowest BCUT2D eigenvalue weighted by molar-refractivity contribution is -0.151. The van der Waals surface area contributed by atoms with Gasteiger partial charge in [0.2, 0.25) is 0 Å². The van der Waals surface area contributed by atoms with Crippen LogP contribution in [0.5, 0.6) is 5.75 Å². The maximum Gasteiger partial charge on any atom is 0.311 e. The number of carboxylic acid groups (broad SMARTS) is 1. The molecular formula is C23H25NO4. The van der Waals surface area contributed by atoms with Crippen LogP contribution in [0, 0.1) is 5.41 Å². The molecule has 146 valence electrons. The summed E-state index contributed by atoms with van der Waals surface area (Å²) in [6.45, 7) is 1.92. The van der Waals surface area contributed by atoms with Crippen LogP contribution < -0.4 is 4.74 Å². The first kappa shape index (κ1) is 18.5. The zero-order chi connectivity index (χ0) is 19.9. The number of amides is 1. The van der Waals surface area contributed by atoms with Gasteiger partial charge in [0, 0.05) is 23.2 Å². The third kappa shape index (κ3) is 2.68. The maximum atomic E-state index is 13.2. The van der Waals surface area contributed by atoms with Gasteiger partial charge in [-0.3, -0.25) is 9.59 Å². The molecule has 0 aliphatic carbocycles. The minimum atomic E-state index is -0.796. The van der Waals surface area contributed by atoms with Crippen LogP contribution in [0.4, 0.5) is 0 Å². The van der Waals surface area contributed by atoms with Gasteiger partial charge in [0.1, 0.15) is 5.75 Å². The smallest absolute Gasteiger partial charge is 0.311 e. The number of fused-ring (bicyclic) bond motifs is 2. The van der Waals surface area contributed by atoms with Crippen LogP contribution in [-0.4, -0.2) is 41.1 Å². The molecule has 2 aromatic carbocycles. The van der Waals surface area contributed by atoms with Gasteiger partial charge in [0.15, 0.2) is 0 Å². The normalized spacial score (nSPS) is 25.7. The predicted octanol–water partition coefficient (Wildman–Crippen LogP) is 4.22. The highest BCUT2D eigenvalue weighted by molar-refractivity contribution is 5.96. The molecule has 4 rings (SSSR count). The first-order valence-corrected chi connectivity index (χ1v) is 9.81. The third-order valence-electron chi connectivity index (χ3n) is 6.58. The number of nitrogens with zero attached hydrogens (tertiary/aromatic N) is 1. The topological polar surface area (TPSA) is 66.8 Å². The van der Waals surface area contributed by atoms with Crippen molar-refractivity contribution < 1.29 is 19.4 Å². The van der Waals surface area contributed by atoms with Gasteiger partial charge in [-0.2, -0.15) is 0 Å². The van der Waals surface area contributed by atoms with E-state index in [0.29, 0.717) is 18.4 Å². The van der Waals surface area contributed by atoms with E-state index >= 15 is 0 Å². The van der Waals surface area contributed by atoms with Crippen LogP contribution in [0.25, 0.3) is 11.1 Å². The van der Waals surface area contributed by atoms with Crippen LogP contribution in [0.15, 0.2) is 48.5 Å². The first-order valence-electron chi connectivity index (χ1n) is 9.81. The number of carbonyl (C=O) groups excluding carboxylic acids is 1. The molecule has 0 saturated carbocycles. The van der Waals surface area contributed by atoms with E-state index in [9.17, 15) is 14.7 Å². The molecule has 5 nitrogen and oxygen atoms in total. The number of hydrogen-bond donors (Lipinski definition) is 1. The van der Waals surface area contributed by atoms with E-state index in [0.717, 1.165) is 29.7 Å². The molecule has 0 radical (unpaired) electrons. The van der Waals surface area contributed by atoms with Crippen LogP contribution in [0.2, 0.25) is 0 Å². The first-order chi connectivity index (χ1) is 13.5. The number of para-hydroxylation sites is 1. The fourth-order valence-corrected chi connectivity index (χ4v) is 5.08. The summed E-state index contributed by atoms with van der Waals surface area (Å²) in [5.74, 6) is -0.0458.